The van der Waals surface area contributed by atoms with E-state index in [0.717, 1.165) is 5.56 Å². The Bertz CT molecular complexity index is 584. The Morgan fingerprint density at radius 2 is 1.71 bits per heavy atom. The number of nitrogens with one attached hydrogen (secondary N) is 1. The van der Waals surface area contributed by atoms with Gasteiger partial charge in [0.1, 0.15) is 5.75 Å². The third-order valence-electron chi connectivity index (χ3n) is 3.19. The van der Waals surface area contributed by atoms with Gasteiger partial charge in [-0.1, -0.05) is 48.5 Å². The van der Waals surface area contributed by atoms with Crippen molar-refractivity contribution in [3.63, 3.8) is 0 Å². The number of aromatic hydroxyl groups is 1. The molecule has 0 aliphatic heterocycles. The van der Waals surface area contributed by atoms with Gasteiger partial charge in [-0.15, -0.1) is 0 Å². The maximum Gasteiger partial charge on any atom is 0.224 e. The van der Waals surface area contributed by atoms with Crippen LogP contribution in [0.1, 0.15) is 11.1 Å². The van der Waals surface area contributed by atoms with Crippen LogP contribution < -0.4 is 5.32 Å². The van der Waals surface area contributed by atoms with Crippen molar-refractivity contribution in [2.75, 3.05) is 6.54 Å². The van der Waals surface area contributed by atoms with Crippen molar-refractivity contribution in [3.8, 4) is 5.75 Å². The molecule has 4 nitrogen and oxygen atoms in total. The fourth-order valence-electron chi connectivity index (χ4n) is 2.09. The number of phenolic OH excluding ortho intramolecular Hbond substituents is 1. The summed E-state index contributed by atoms with van der Waals surface area (Å²) < 4.78 is 0. The molecule has 4 heteroatoms. The number of hydrogen-bond acceptors (Lipinski definition) is 3. The van der Waals surface area contributed by atoms with Gasteiger partial charge >= 0.3 is 0 Å². The number of phenols is 1. The van der Waals surface area contributed by atoms with E-state index >= 15 is 0 Å². The molecule has 0 saturated carbocycles. The molecule has 0 fully saturated rings. The minimum absolute atomic E-state index is 0.102. The van der Waals surface area contributed by atoms with Gasteiger partial charge in [0.2, 0.25) is 5.91 Å². The van der Waals surface area contributed by atoms with Crippen LogP contribution in [0, 0.1) is 0 Å². The standard InChI is InChI=1S/C17H19NO3/c19-15(10-13-6-2-1-3-7-13)12-18-17(21)11-14-8-4-5-9-16(14)20/h1-9,15,19-20H,10-12H2,(H,18,21). The van der Waals surface area contributed by atoms with Crippen LogP contribution in [0.15, 0.2) is 54.6 Å². The summed E-state index contributed by atoms with van der Waals surface area (Å²) in [5.41, 5.74) is 1.60. The van der Waals surface area contributed by atoms with Crippen LogP contribution in [-0.4, -0.2) is 28.8 Å². The first kappa shape index (κ1) is 15.1. The molecule has 0 aromatic heterocycles. The molecule has 2 aromatic rings. The second kappa shape index (κ2) is 7.45. The van der Waals surface area contributed by atoms with Gasteiger partial charge < -0.3 is 15.5 Å². The quantitative estimate of drug-likeness (QED) is 0.756. The summed E-state index contributed by atoms with van der Waals surface area (Å²) in [6, 6.07) is 16.4. The minimum Gasteiger partial charge on any atom is -0.508 e. The molecule has 0 spiro atoms. The van der Waals surface area contributed by atoms with Crippen LogP contribution >= 0.6 is 0 Å². The largest absolute Gasteiger partial charge is 0.508 e. The lowest BCUT2D eigenvalue weighted by atomic mass is 10.1. The first-order valence-electron chi connectivity index (χ1n) is 6.90. The van der Waals surface area contributed by atoms with Crippen LogP contribution in [-0.2, 0) is 17.6 Å². The van der Waals surface area contributed by atoms with E-state index in [1.54, 1.807) is 24.3 Å². The molecule has 0 bridgehead atoms. The smallest absolute Gasteiger partial charge is 0.224 e. The number of aliphatic hydroxyl groups excluding tert-OH is 1. The van der Waals surface area contributed by atoms with Crippen LogP contribution in [0.3, 0.4) is 0 Å². The molecular formula is C17H19NO3. The Labute approximate surface area is 124 Å². The highest BCUT2D eigenvalue weighted by molar-refractivity contribution is 5.79. The Balaban J connectivity index is 1.77. The van der Waals surface area contributed by atoms with E-state index in [2.05, 4.69) is 5.32 Å². The molecule has 21 heavy (non-hydrogen) atoms. The molecular weight excluding hydrogens is 266 g/mol. The molecule has 0 aliphatic carbocycles. The Morgan fingerprint density at radius 3 is 2.43 bits per heavy atom. The monoisotopic (exact) mass is 285 g/mol. The summed E-state index contributed by atoms with van der Waals surface area (Å²) in [6.45, 7) is 0.196. The second-order valence-electron chi connectivity index (χ2n) is 4.95. The van der Waals surface area contributed by atoms with Gasteiger partial charge in [-0.3, -0.25) is 4.79 Å². The topological polar surface area (TPSA) is 69.6 Å². The molecule has 0 radical (unpaired) electrons. The lowest BCUT2D eigenvalue weighted by molar-refractivity contribution is -0.120. The van der Waals surface area contributed by atoms with E-state index in [1.165, 1.54) is 0 Å². The Hall–Kier alpha value is -2.33. The van der Waals surface area contributed by atoms with Gasteiger partial charge in [0.25, 0.3) is 0 Å². The molecule has 2 aromatic carbocycles. The summed E-state index contributed by atoms with van der Waals surface area (Å²) in [7, 11) is 0. The first-order chi connectivity index (χ1) is 10.1. The summed E-state index contributed by atoms with van der Waals surface area (Å²) in [5, 5.41) is 22.2. The van der Waals surface area contributed by atoms with Crippen molar-refractivity contribution in [2.24, 2.45) is 0 Å². The highest BCUT2D eigenvalue weighted by Crippen LogP contribution is 2.15. The lowest BCUT2D eigenvalue weighted by Crippen LogP contribution is -2.34. The van der Waals surface area contributed by atoms with Gasteiger partial charge in [-0.25, -0.2) is 0 Å². The van der Waals surface area contributed by atoms with Crippen molar-refractivity contribution in [1.29, 1.82) is 0 Å². The fraction of sp³-hybridized carbons (Fsp3) is 0.235. The van der Waals surface area contributed by atoms with Crippen LogP contribution in [0.4, 0.5) is 0 Å². The SMILES string of the molecule is O=C(Cc1ccccc1O)NCC(O)Cc1ccccc1. The van der Waals surface area contributed by atoms with Crippen molar-refractivity contribution in [1.82, 2.24) is 5.32 Å². The Morgan fingerprint density at radius 1 is 1.05 bits per heavy atom. The fourth-order valence-corrected chi connectivity index (χ4v) is 2.09. The maximum atomic E-state index is 11.8. The number of carbonyl (C=O) groups is 1. The second-order valence-corrected chi connectivity index (χ2v) is 4.95. The molecule has 0 heterocycles. The average Bonchev–Trinajstić information content (AvgIpc) is 2.49. The number of para-hydroxylation sites is 1. The van der Waals surface area contributed by atoms with Crippen molar-refractivity contribution >= 4 is 5.91 Å². The number of carbonyl (C=O) groups excluding carboxylic acids is 1. The summed E-state index contributed by atoms with van der Waals surface area (Å²) in [4.78, 5) is 11.8. The third kappa shape index (κ3) is 4.93. The van der Waals surface area contributed by atoms with Gasteiger partial charge in [0.05, 0.1) is 12.5 Å². The van der Waals surface area contributed by atoms with E-state index < -0.39 is 6.10 Å². The zero-order valence-electron chi connectivity index (χ0n) is 11.7. The third-order valence-corrected chi connectivity index (χ3v) is 3.19. The molecule has 1 atom stereocenters. The van der Waals surface area contributed by atoms with Crippen LogP contribution in [0.5, 0.6) is 5.75 Å². The zero-order chi connectivity index (χ0) is 15.1. The number of rotatable bonds is 6. The predicted molar refractivity (Wildman–Crippen MR) is 81.0 cm³/mol. The van der Waals surface area contributed by atoms with E-state index in [4.69, 9.17) is 0 Å². The molecule has 0 saturated heterocycles. The minimum atomic E-state index is -0.624. The summed E-state index contributed by atoms with van der Waals surface area (Å²) in [6.07, 6.45) is -0.0247. The van der Waals surface area contributed by atoms with E-state index in [-0.39, 0.29) is 24.6 Å². The van der Waals surface area contributed by atoms with Crippen LogP contribution in [0.2, 0.25) is 0 Å². The molecule has 2 rings (SSSR count). The molecule has 110 valence electrons. The predicted octanol–water partition coefficient (Wildman–Crippen LogP) is 1.65. The van der Waals surface area contributed by atoms with Crippen molar-refractivity contribution in [2.45, 2.75) is 18.9 Å². The number of amides is 1. The van der Waals surface area contributed by atoms with E-state index in [0.29, 0.717) is 12.0 Å². The number of benzene rings is 2. The van der Waals surface area contributed by atoms with Gasteiger partial charge in [0, 0.05) is 18.5 Å². The molecule has 3 N–H and O–H groups in total. The van der Waals surface area contributed by atoms with Gasteiger partial charge in [-0.2, -0.15) is 0 Å². The van der Waals surface area contributed by atoms with Crippen molar-refractivity contribution in [3.05, 3.63) is 65.7 Å². The number of aliphatic hydroxyl groups is 1. The van der Waals surface area contributed by atoms with E-state index in [1.807, 2.05) is 30.3 Å². The molecule has 0 aliphatic rings. The summed E-state index contributed by atoms with van der Waals surface area (Å²) >= 11 is 0. The van der Waals surface area contributed by atoms with Crippen molar-refractivity contribution < 1.29 is 15.0 Å². The average molecular weight is 285 g/mol. The molecule has 1 unspecified atom stereocenters. The first-order valence-corrected chi connectivity index (χ1v) is 6.90. The zero-order valence-corrected chi connectivity index (χ0v) is 11.7. The van der Waals surface area contributed by atoms with Gasteiger partial charge in [-0.05, 0) is 11.6 Å². The van der Waals surface area contributed by atoms with Gasteiger partial charge in [0.15, 0.2) is 0 Å². The van der Waals surface area contributed by atoms with Crippen LogP contribution in [0.25, 0.3) is 0 Å². The Kier molecular flexibility index (Phi) is 5.35. The highest BCUT2D eigenvalue weighted by Gasteiger charge is 2.10. The number of hydrogen-bond donors (Lipinski definition) is 3. The highest BCUT2D eigenvalue weighted by atomic mass is 16.3. The van der Waals surface area contributed by atoms with E-state index in [9.17, 15) is 15.0 Å². The summed E-state index contributed by atoms with van der Waals surface area (Å²) in [5.74, 6) is -0.110. The normalized spacial score (nSPS) is 11.9. The molecule has 1 amide bonds. The lowest BCUT2D eigenvalue weighted by Gasteiger charge is -2.12. The maximum absolute atomic E-state index is 11.8.